The smallest absolute Gasteiger partial charge is 0.0654 e. The normalized spacial score (nSPS) is 10.1. The maximum Gasteiger partial charge on any atom is 0.189 e. The fourth-order valence-corrected chi connectivity index (χ4v) is 1.33. The summed E-state index contributed by atoms with van der Waals surface area (Å²) in [7, 11) is 0. The number of hydrogen-bond donors (Lipinski definition) is 1. The minimum absolute atomic E-state index is 0.634. The van der Waals surface area contributed by atoms with Gasteiger partial charge in [-0.2, -0.15) is 0 Å². The van der Waals surface area contributed by atoms with Crippen LogP contribution in [0.15, 0.2) is 0 Å². The maximum atomic E-state index is 9.85. The highest BCUT2D eigenvalue weighted by molar-refractivity contribution is 4.44. The standard InChI is InChI=1S/C10H21NO/c1-2-3-4-5-6-7-8-9-10-11-12/h2-10H2,1H3/p+1. The molecule has 0 saturated heterocycles. The first kappa shape index (κ1) is 11.6. The molecular weight excluding hydrogens is 150 g/mol. The quantitative estimate of drug-likeness (QED) is 0.530. The van der Waals surface area contributed by atoms with Gasteiger partial charge in [-0.3, -0.25) is 0 Å². The Kier molecular flexibility index (Phi) is 10.2. The highest BCUT2D eigenvalue weighted by atomic mass is 16.3. The molecule has 0 aromatic carbocycles. The number of unbranched alkanes of at least 4 members (excludes halogenated alkanes) is 7. The van der Waals surface area contributed by atoms with Crippen LogP contribution >= 0.6 is 0 Å². The number of rotatable bonds is 9. The predicted molar refractivity (Wildman–Crippen MR) is 51.8 cm³/mol. The third-order valence-electron chi connectivity index (χ3n) is 2.13. The van der Waals surface area contributed by atoms with Crippen molar-refractivity contribution in [2.45, 2.75) is 58.3 Å². The highest BCUT2D eigenvalue weighted by Gasteiger charge is 1.92. The molecule has 0 atom stereocenters. The number of nitrogens with one attached hydrogen (secondary N) is 1. The lowest BCUT2D eigenvalue weighted by molar-refractivity contribution is -0.481. The summed E-state index contributed by atoms with van der Waals surface area (Å²) in [5, 5.41) is 1.93. The van der Waals surface area contributed by atoms with Crippen LogP contribution in [0.4, 0.5) is 0 Å². The van der Waals surface area contributed by atoms with Gasteiger partial charge in [0.25, 0.3) is 0 Å². The summed E-state index contributed by atoms with van der Waals surface area (Å²) in [5.74, 6) is 0. The van der Waals surface area contributed by atoms with E-state index >= 15 is 0 Å². The molecule has 1 N–H and O–H groups in total. The fourth-order valence-electron chi connectivity index (χ4n) is 1.33. The average molecular weight is 172 g/mol. The lowest BCUT2D eigenvalue weighted by atomic mass is 10.1. The Balaban J connectivity index is 2.77. The first-order valence-corrected chi connectivity index (χ1v) is 5.26. The van der Waals surface area contributed by atoms with Crippen LogP contribution in [0.2, 0.25) is 0 Å². The van der Waals surface area contributed by atoms with E-state index in [4.69, 9.17) is 0 Å². The van der Waals surface area contributed by atoms with Gasteiger partial charge < -0.3 is 0 Å². The lowest BCUT2D eigenvalue weighted by Crippen LogP contribution is -2.64. The summed E-state index contributed by atoms with van der Waals surface area (Å²) in [6, 6.07) is 0. The Labute approximate surface area is 75.7 Å². The lowest BCUT2D eigenvalue weighted by Gasteiger charge is -1.97. The maximum absolute atomic E-state index is 9.85. The van der Waals surface area contributed by atoms with Gasteiger partial charge in [0.05, 0.1) is 0 Å². The predicted octanol–water partition coefficient (Wildman–Crippen LogP) is 1.97. The van der Waals surface area contributed by atoms with Crippen LogP contribution in [-0.4, -0.2) is 6.54 Å². The van der Waals surface area contributed by atoms with Crippen molar-refractivity contribution in [1.29, 1.82) is 0 Å². The molecule has 0 rings (SSSR count). The van der Waals surface area contributed by atoms with Gasteiger partial charge in [0.1, 0.15) is 0 Å². The van der Waals surface area contributed by atoms with Crippen molar-refractivity contribution in [1.82, 2.24) is 0 Å². The average Bonchev–Trinajstić information content (AvgIpc) is 2.10. The Morgan fingerprint density at radius 3 is 1.83 bits per heavy atom. The second-order valence-electron chi connectivity index (χ2n) is 3.37. The largest absolute Gasteiger partial charge is 0.189 e. The van der Waals surface area contributed by atoms with Crippen LogP contribution in [0.25, 0.3) is 0 Å². The molecule has 0 spiro atoms. The van der Waals surface area contributed by atoms with Gasteiger partial charge in [0.15, 0.2) is 6.54 Å². The van der Waals surface area contributed by atoms with Gasteiger partial charge in [0, 0.05) is 11.3 Å². The van der Waals surface area contributed by atoms with Crippen molar-refractivity contribution in [2.75, 3.05) is 6.54 Å². The number of hydrogen-bond acceptors (Lipinski definition) is 1. The van der Waals surface area contributed by atoms with Crippen LogP contribution in [0, 0.1) is 4.91 Å². The van der Waals surface area contributed by atoms with E-state index in [0.29, 0.717) is 6.54 Å². The molecule has 0 bridgehead atoms. The van der Waals surface area contributed by atoms with E-state index in [0.717, 1.165) is 6.42 Å². The van der Waals surface area contributed by atoms with Gasteiger partial charge in [-0.25, -0.2) is 0 Å². The first-order valence-electron chi connectivity index (χ1n) is 5.26. The molecule has 0 saturated carbocycles. The molecule has 0 aliphatic carbocycles. The Morgan fingerprint density at radius 1 is 0.833 bits per heavy atom. The van der Waals surface area contributed by atoms with Crippen molar-refractivity contribution in [3.05, 3.63) is 4.91 Å². The number of nitroso groups, excluding NO2 is 1. The SMILES string of the molecule is CCCCCCCCCC[NH+]=O. The summed E-state index contributed by atoms with van der Waals surface area (Å²) in [4.78, 5) is 9.85. The topological polar surface area (TPSA) is 31.0 Å². The molecule has 0 aliphatic heterocycles. The van der Waals surface area contributed by atoms with Gasteiger partial charge >= 0.3 is 0 Å². The van der Waals surface area contributed by atoms with Crippen molar-refractivity contribution in [3.63, 3.8) is 0 Å². The summed E-state index contributed by atoms with van der Waals surface area (Å²) in [6.07, 6.45) is 10.3. The molecule has 0 aromatic heterocycles. The molecule has 2 heteroatoms. The molecule has 72 valence electrons. The van der Waals surface area contributed by atoms with Crippen molar-refractivity contribution >= 4 is 0 Å². The second-order valence-corrected chi connectivity index (χ2v) is 3.37. The summed E-state index contributed by atoms with van der Waals surface area (Å²) >= 11 is 0. The van der Waals surface area contributed by atoms with Gasteiger partial charge in [0.2, 0.25) is 0 Å². The summed E-state index contributed by atoms with van der Waals surface area (Å²) < 4.78 is 0. The molecular formula is C10H22NO+. The molecule has 0 unspecified atom stereocenters. The molecule has 2 nitrogen and oxygen atoms in total. The van der Waals surface area contributed by atoms with Crippen molar-refractivity contribution < 1.29 is 5.18 Å². The summed E-state index contributed by atoms with van der Waals surface area (Å²) in [5.41, 5.74) is 0. The molecule has 12 heavy (non-hydrogen) atoms. The van der Waals surface area contributed by atoms with Crippen LogP contribution in [0.5, 0.6) is 0 Å². The second kappa shape index (κ2) is 10.6. The Bertz CT molecular complexity index is 93.8. The molecule has 0 amide bonds. The third kappa shape index (κ3) is 9.60. The van der Waals surface area contributed by atoms with Crippen LogP contribution in [0.1, 0.15) is 58.3 Å². The molecule has 0 heterocycles. The minimum Gasteiger partial charge on any atom is -0.0654 e. The first-order chi connectivity index (χ1) is 5.91. The van der Waals surface area contributed by atoms with E-state index in [1.807, 2.05) is 5.18 Å². The zero-order valence-corrected chi connectivity index (χ0v) is 8.27. The fraction of sp³-hybridized carbons (Fsp3) is 1.00. The molecule has 0 aromatic rings. The zero-order valence-electron chi connectivity index (χ0n) is 8.27. The molecule has 0 aliphatic rings. The van der Waals surface area contributed by atoms with E-state index in [-0.39, 0.29) is 0 Å². The van der Waals surface area contributed by atoms with Crippen LogP contribution in [-0.2, 0) is 0 Å². The van der Waals surface area contributed by atoms with E-state index in [1.54, 1.807) is 0 Å². The van der Waals surface area contributed by atoms with Crippen molar-refractivity contribution in [2.24, 2.45) is 0 Å². The highest BCUT2D eigenvalue weighted by Crippen LogP contribution is 2.07. The van der Waals surface area contributed by atoms with E-state index < -0.39 is 0 Å². The van der Waals surface area contributed by atoms with Gasteiger partial charge in [-0.1, -0.05) is 45.4 Å². The Hall–Kier alpha value is -0.400. The molecule has 0 radical (unpaired) electrons. The van der Waals surface area contributed by atoms with E-state index in [1.165, 1.54) is 44.9 Å². The van der Waals surface area contributed by atoms with E-state index in [2.05, 4.69) is 6.92 Å². The van der Waals surface area contributed by atoms with Crippen LogP contribution < -0.4 is 5.18 Å². The zero-order chi connectivity index (χ0) is 9.07. The minimum atomic E-state index is 0.634. The van der Waals surface area contributed by atoms with Crippen LogP contribution in [0.3, 0.4) is 0 Å². The monoisotopic (exact) mass is 172 g/mol. The van der Waals surface area contributed by atoms with E-state index in [9.17, 15) is 4.91 Å². The summed E-state index contributed by atoms with van der Waals surface area (Å²) in [6.45, 7) is 2.87. The third-order valence-corrected chi connectivity index (χ3v) is 2.13. The Morgan fingerprint density at radius 2 is 1.33 bits per heavy atom. The van der Waals surface area contributed by atoms with Crippen molar-refractivity contribution in [3.8, 4) is 0 Å². The van der Waals surface area contributed by atoms with Gasteiger partial charge in [-0.05, 0) is 11.6 Å². The van der Waals surface area contributed by atoms with Gasteiger partial charge in [-0.15, -0.1) is 0 Å². The molecule has 0 fully saturated rings.